The van der Waals surface area contributed by atoms with Crippen molar-refractivity contribution in [3.63, 3.8) is 0 Å². The van der Waals surface area contributed by atoms with Gasteiger partial charge in [0.05, 0.1) is 35.5 Å². The highest BCUT2D eigenvalue weighted by Crippen LogP contribution is 2.20. The Morgan fingerprint density at radius 1 is 1.19 bits per heavy atom. The van der Waals surface area contributed by atoms with Crippen LogP contribution in [0.25, 0.3) is 11.0 Å². The van der Waals surface area contributed by atoms with Crippen LogP contribution >= 0.6 is 0 Å². The Morgan fingerprint density at radius 2 is 1.95 bits per heavy atom. The predicted octanol–water partition coefficient (Wildman–Crippen LogP) is 3.71. The molecule has 0 saturated carbocycles. The van der Waals surface area contributed by atoms with E-state index in [0.29, 0.717) is 17.7 Å². The molecule has 21 heavy (non-hydrogen) atoms. The number of hydrogen-bond acceptors (Lipinski definition) is 2. The normalized spacial score (nSPS) is 10.8. The molecule has 0 atom stereocenters. The molecule has 1 heterocycles. The first kappa shape index (κ1) is 13.3. The van der Waals surface area contributed by atoms with Crippen LogP contribution in [0.2, 0.25) is 0 Å². The number of benzene rings is 2. The number of nitrogens with zero attached hydrogens (tertiary/aromatic N) is 3. The van der Waals surface area contributed by atoms with Gasteiger partial charge in [-0.25, -0.2) is 9.37 Å². The Balaban J connectivity index is 2.03. The van der Waals surface area contributed by atoms with Gasteiger partial charge in [0.15, 0.2) is 0 Å². The fourth-order valence-electron chi connectivity index (χ4n) is 2.37. The fraction of sp³-hybridized carbons (Fsp3) is 0.176. The van der Waals surface area contributed by atoms with E-state index >= 15 is 0 Å². The maximum absolute atomic E-state index is 14.0. The molecule has 2 aromatic carbocycles. The molecule has 1 aromatic heterocycles. The van der Waals surface area contributed by atoms with E-state index in [1.54, 1.807) is 18.5 Å². The maximum atomic E-state index is 14.0. The van der Waals surface area contributed by atoms with Gasteiger partial charge in [0.1, 0.15) is 5.82 Å². The van der Waals surface area contributed by atoms with Gasteiger partial charge in [-0.3, -0.25) is 0 Å². The van der Waals surface area contributed by atoms with Crippen LogP contribution < -0.4 is 0 Å². The lowest BCUT2D eigenvalue weighted by Crippen LogP contribution is -2.01. The zero-order chi connectivity index (χ0) is 15.0. The molecule has 0 N–H and O–H groups in total. The molecule has 3 aromatic rings. The molecule has 0 aliphatic rings. The minimum absolute atomic E-state index is 0.332. The van der Waals surface area contributed by atoms with Crippen LogP contribution in [0.3, 0.4) is 0 Å². The number of hydrogen-bond donors (Lipinski definition) is 0. The maximum Gasteiger partial charge on any atom is 0.129 e. The van der Waals surface area contributed by atoms with Gasteiger partial charge in [-0.05, 0) is 49.2 Å². The molecule has 0 unspecified atom stereocenters. The van der Waals surface area contributed by atoms with Crippen molar-refractivity contribution in [2.45, 2.75) is 20.4 Å². The van der Waals surface area contributed by atoms with E-state index in [-0.39, 0.29) is 5.82 Å². The standard InChI is InChI=1S/C17H14FN3/c1-11-5-16-17(6-12(11)2)21(10-20-16)9-14-4-3-13(8-19)7-15(14)18/h3-7,10H,9H2,1-2H3. The Morgan fingerprint density at radius 3 is 2.67 bits per heavy atom. The van der Waals surface area contributed by atoms with Crippen LogP contribution in [0.15, 0.2) is 36.7 Å². The molecular weight excluding hydrogens is 265 g/mol. The van der Waals surface area contributed by atoms with Crippen molar-refractivity contribution in [1.29, 1.82) is 5.26 Å². The van der Waals surface area contributed by atoms with E-state index in [9.17, 15) is 4.39 Å². The quantitative estimate of drug-likeness (QED) is 0.717. The number of aryl methyl sites for hydroxylation is 2. The number of halogens is 1. The second-order valence-electron chi connectivity index (χ2n) is 5.22. The number of aromatic nitrogens is 2. The highest BCUT2D eigenvalue weighted by molar-refractivity contribution is 5.77. The summed E-state index contributed by atoms with van der Waals surface area (Å²) in [6.07, 6.45) is 1.72. The van der Waals surface area contributed by atoms with Crippen molar-refractivity contribution >= 4 is 11.0 Å². The van der Waals surface area contributed by atoms with E-state index in [1.807, 2.05) is 23.6 Å². The van der Waals surface area contributed by atoms with E-state index in [4.69, 9.17) is 5.26 Å². The van der Waals surface area contributed by atoms with Gasteiger partial charge in [-0.1, -0.05) is 6.07 Å². The zero-order valence-electron chi connectivity index (χ0n) is 11.9. The highest BCUT2D eigenvalue weighted by Gasteiger charge is 2.09. The van der Waals surface area contributed by atoms with Crippen LogP contribution in [-0.4, -0.2) is 9.55 Å². The number of rotatable bonds is 2. The molecule has 0 bridgehead atoms. The number of imidazole rings is 1. The summed E-state index contributed by atoms with van der Waals surface area (Å²) in [6.45, 7) is 4.50. The molecular formula is C17H14FN3. The summed E-state index contributed by atoms with van der Waals surface area (Å²) >= 11 is 0. The van der Waals surface area contributed by atoms with Gasteiger partial charge in [-0.15, -0.1) is 0 Å². The molecule has 0 saturated heterocycles. The van der Waals surface area contributed by atoms with Crippen molar-refractivity contribution in [1.82, 2.24) is 9.55 Å². The third-order valence-corrected chi connectivity index (χ3v) is 3.76. The SMILES string of the molecule is Cc1cc2ncn(Cc3ccc(C#N)cc3F)c2cc1C. The van der Waals surface area contributed by atoms with Crippen LogP contribution in [0.5, 0.6) is 0 Å². The largest absolute Gasteiger partial charge is 0.326 e. The molecule has 0 aliphatic carbocycles. The summed E-state index contributed by atoms with van der Waals surface area (Å²) in [5.41, 5.74) is 5.15. The van der Waals surface area contributed by atoms with E-state index in [2.05, 4.69) is 18.0 Å². The molecule has 0 spiro atoms. The zero-order valence-corrected chi connectivity index (χ0v) is 11.9. The average molecular weight is 279 g/mol. The van der Waals surface area contributed by atoms with Crippen LogP contribution in [0.1, 0.15) is 22.3 Å². The van der Waals surface area contributed by atoms with Gasteiger partial charge < -0.3 is 4.57 Å². The monoisotopic (exact) mass is 279 g/mol. The number of fused-ring (bicyclic) bond motifs is 1. The molecule has 0 aliphatic heterocycles. The third kappa shape index (κ3) is 2.38. The lowest BCUT2D eigenvalue weighted by molar-refractivity contribution is 0.601. The summed E-state index contributed by atoms with van der Waals surface area (Å²) in [7, 11) is 0. The minimum Gasteiger partial charge on any atom is -0.326 e. The van der Waals surface area contributed by atoms with Gasteiger partial charge in [-0.2, -0.15) is 5.26 Å². The van der Waals surface area contributed by atoms with Crippen LogP contribution in [0.4, 0.5) is 4.39 Å². The van der Waals surface area contributed by atoms with Crippen molar-refractivity contribution in [3.05, 3.63) is 64.7 Å². The Hall–Kier alpha value is -2.67. The van der Waals surface area contributed by atoms with Gasteiger partial charge in [0, 0.05) is 5.56 Å². The Kier molecular flexibility index (Phi) is 3.19. The molecule has 104 valence electrons. The van der Waals surface area contributed by atoms with E-state index in [0.717, 1.165) is 11.0 Å². The van der Waals surface area contributed by atoms with Crippen LogP contribution in [0, 0.1) is 31.0 Å². The molecule has 0 radical (unpaired) electrons. The summed E-state index contributed by atoms with van der Waals surface area (Å²) < 4.78 is 15.9. The Bertz CT molecular complexity index is 872. The highest BCUT2D eigenvalue weighted by atomic mass is 19.1. The summed E-state index contributed by atoms with van der Waals surface area (Å²) in [5.74, 6) is -0.361. The molecule has 4 heteroatoms. The van der Waals surface area contributed by atoms with Crippen molar-refractivity contribution in [2.75, 3.05) is 0 Å². The molecule has 3 nitrogen and oxygen atoms in total. The molecule has 0 amide bonds. The first-order chi connectivity index (χ1) is 10.1. The van der Waals surface area contributed by atoms with E-state index < -0.39 is 0 Å². The molecule has 3 rings (SSSR count). The van der Waals surface area contributed by atoms with E-state index in [1.165, 1.54) is 17.2 Å². The van der Waals surface area contributed by atoms with Gasteiger partial charge in [0.25, 0.3) is 0 Å². The molecule has 0 fully saturated rings. The van der Waals surface area contributed by atoms with Crippen molar-refractivity contribution < 1.29 is 4.39 Å². The van der Waals surface area contributed by atoms with Crippen molar-refractivity contribution in [3.8, 4) is 6.07 Å². The minimum atomic E-state index is -0.361. The lowest BCUT2D eigenvalue weighted by atomic mass is 10.1. The Labute approximate surface area is 122 Å². The number of nitriles is 1. The predicted molar refractivity (Wildman–Crippen MR) is 79.4 cm³/mol. The summed E-state index contributed by atoms with van der Waals surface area (Å²) in [4.78, 5) is 4.37. The fourth-order valence-corrected chi connectivity index (χ4v) is 2.37. The lowest BCUT2D eigenvalue weighted by Gasteiger charge is -2.07. The van der Waals surface area contributed by atoms with Gasteiger partial charge >= 0.3 is 0 Å². The second kappa shape index (κ2) is 5.02. The van der Waals surface area contributed by atoms with Crippen LogP contribution in [-0.2, 0) is 6.54 Å². The first-order valence-corrected chi connectivity index (χ1v) is 6.69. The summed E-state index contributed by atoms with van der Waals surface area (Å²) in [5, 5.41) is 8.78. The first-order valence-electron chi connectivity index (χ1n) is 6.69. The average Bonchev–Trinajstić information content (AvgIpc) is 2.84. The summed E-state index contributed by atoms with van der Waals surface area (Å²) in [6, 6.07) is 10.6. The third-order valence-electron chi connectivity index (χ3n) is 3.76. The second-order valence-corrected chi connectivity index (χ2v) is 5.22. The topological polar surface area (TPSA) is 41.6 Å². The smallest absolute Gasteiger partial charge is 0.129 e. The van der Waals surface area contributed by atoms with Crippen molar-refractivity contribution in [2.24, 2.45) is 0 Å². The van der Waals surface area contributed by atoms with Gasteiger partial charge in [0.2, 0.25) is 0 Å².